The van der Waals surface area contributed by atoms with Crippen LogP contribution in [0.4, 0.5) is 0 Å². The second-order valence-corrected chi connectivity index (χ2v) is 17.4. The summed E-state index contributed by atoms with van der Waals surface area (Å²) in [4.78, 5) is 2.66. The van der Waals surface area contributed by atoms with Gasteiger partial charge in [0, 0.05) is 12.6 Å². The minimum atomic E-state index is -2.28. The Kier molecular flexibility index (Phi) is 8.24. The highest BCUT2D eigenvalue weighted by Crippen LogP contribution is 2.50. The Hall–Kier alpha value is -3.76. The highest BCUT2D eigenvalue weighted by atomic mass is 28.3. The fourth-order valence-electron chi connectivity index (χ4n) is 7.63. The third-order valence-corrected chi connectivity index (χ3v) is 14.1. The smallest absolute Gasteiger partial charge is 0.117 e. The number of hydrogen-bond donors (Lipinski definition) is 1. The standard InChI is InChI=1S/C40H43NOSi/c1-39(2)29-37(38(42)30-43(3,35-25-15-7-16-26-35)36-27-17-8-18-28-36)41(31-39)40(32-19-9-4-10-20-32,33-21-11-5-12-22-33)34-23-13-6-14-24-34/h4-28,37-38,42H,29-31H2,1-3H3/t37-,38+/m0/s1. The number of nitrogens with zero attached hydrogens (tertiary/aromatic N) is 1. The lowest BCUT2D eigenvalue weighted by atomic mass is 9.75. The van der Waals surface area contributed by atoms with Crippen molar-refractivity contribution in [1.29, 1.82) is 0 Å². The largest absolute Gasteiger partial charge is 0.392 e. The van der Waals surface area contributed by atoms with Crippen LogP contribution < -0.4 is 10.4 Å². The molecule has 0 amide bonds. The van der Waals surface area contributed by atoms with Crippen molar-refractivity contribution in [2.45, 2.75) is 50.5 Å². The molecule has 2 nitrogen and oxygen atoms in total. The van der Waals surface area contributed by atoms with E-state index in [1.807, 2.05) is 0 Å². The van der Waals surface area contributed by atoms with Crippen LogP contribution in [0, 0.1) is 5.41 Å². The molecule has 0 radical (unpaired) electrons. The molecule has 1 aliphatic rings. The van der Waals surface area contributed by atoms with Crippen molar-refractivity contribution in [1.82, 2.24) is 4.90 Å². The molecule has 1 aliphatic heterocycles. The maximum Gasteiger partial charge on any atom is 0.117 e. The third kappa shape index (κ3) is 5.54. The van der Waals surface area contributed by atoms with Gasteiger partial charge in [-0.2, -0.15) is 0 Å². The quantitative estimate of drug-likeness (QED) is 0.146. The highest BCUT2D eigenvalue weighted by molar-refractivity contribution is 7.01. The Labute approximate surface area is 258 Å². The van der Waals surface area contributed by atoms with Crippen molar-refractivity contribution in [2.24, 2.45) is 5.41 Å². The zero-order valence-electron chi connectivity index (χ0n) is 25.6. The lowest BCUT2D eigenvalue weighted by Gasteiger charge is -2.48. The molecule has 0 spiro atoms. The average molecular weight is 582 g/mol. The van der Waals surface area contributed by atoms with E-state index in [1.165, 1.54) is 27.1 Å². The number of hydrogen-bond acceptors (Lipinski definition) is 2. The molecule has 218 valence electrons. The fraction of sp³-hybridized carbons (Fsp3) is 0.250. The van der Waals surface area contributed by atoms with Crippen molar-refractivity contribution in [3.05, 3.63) is 168 Å². The van der Waals surface area contributed by atoms with Crippen molar-refractivity contribution in [3.63, 3.8) is 0 Å². The molecule has 0 saturated carbocycles. The van der Waals surface area contributed by atoms with Gasteiger partial charge in [-0.05, 0) is 34.6 Å². The van der Waals surface area contributed by atoms with Crippen LogP contribution in [0.3, 0.4) is 0 Å². The molecule has 1 fully saturated rings. The summed E-state index contributed by atoms with van der Waals surface area (Å²) >= 11 is 0. The van der Waals surface area contributed by atoms with Gasteiger partial charge < -0.3 is 5.11 Å². The first-order chi connectivity index (χ1) is 20.8. The van der Waals surface area contributed by atoms with E-state index >= 15 is 0 Å². The molecule has 1 saturated heterocycles. The lowest BCUT2D eigenvalue weighted by molar-refractivity contribution is 0.0425. The number of benzene rings is 5. The van der Waals surface area contributed by atoms with Crippen LogP contribution >= 0.6 is 0 Å². The van der Waals surface area contributed by atoms with E-state index in [0.29, 0.717) is 0 Å². The van der Waals surface area contributed by atoms with Crippen molar-refractivity contribution in [3.8, 4) is 0 Å². The van der Waals surface area contributed by atoms with Crippen LogP contribution in [0.5, 0.6) is 0 Å². The van der Waals surface area contributed by atoms with Crippen LogP contribution in [0.2, 0.25) is 12.6 Å². The summed E-state index contributed by atoms with van der Waals surface area (Å²) in [7, 11) is -2.28. The average Bonchev–Trinajstić information content (AvgIpc) is 3.39. The van der Waals surface area contributed by atoms with Crippen molar-refractivity contribution >= 4 is 18.4 Å². The topological polar surface area (TPSA) is 23.5 Å². The van der Waals surface area contributed by atoms with Gasteiger partial charge in [-0.25, -0.2) is 0 Å². The third-order valence-electron chi connectivity index (χ3n) is 9.65. The Bertz CT molecular complexity index is 1450. The Morgan fingerprint density at radius 3 is 1.37 bits per heavy atom. The number of likely N-dealkylation sites (tertiary alicyclic amines) is 1. The number of rotatable bonds is 9. The summed E-state index contributed by atoms with van der Waals surface area (Å²) in [6.07, 6.45) is 0.422. The molecule has 6 rings (SSSR count). The molecule has 2 atom stereocenters. The SMILES string of the molecule is CC1(C)C[C@@H]([C@H](O)C[Si](C)(c2ccccc2)c2ccccc2)N(C(c2ccccc2)(c2ccccc2)c2ccccc2)C1. The first-order valence-electron chi connectivity index (χ1n) is 15.6. The maximum absolute atomic E-state index is 12.6. The molecule has 0 aromatic heterocycles. The first kappa shape index (κ1) is 29.3. The van der Waals surface area contributed by atoms with Gasteiger partial charge in [0.25, 0.3) is 0 Å². The highest BCUT2D eigenvalue weighted by Gasteiger charge is 2.53. The predicted molar refractivity (Wildman–Crippen MR) is 183 cm³/mol. The monoisotopic (exact) mass is 581 g/mol. The number of aliphatic hydroxyl groups is 1. The fourth-order valence-corrected chi connectivity index (χ4v) is 11.4. The van der Waals surface area contributed by atoms with Crippen molar-refractivity contribution in [2.75, 3.05) is 6.54 Å². The second-order valence-electron chi connectivity index (χ2n) is 13.2. The summed E-state index contributed by atoms with van der Waals surface area (Å²) in [5, 5.41) is 15.3. The van der Waals surface area contributed by atoms with Crippen LogP contribution in [0.25, 0.3) is 0 Å². The molecule has 0 aliphatic carbocycles. The van der Waals surface area contributed by atoms with Gasteiger partial charge in [-0.3, -0.25) is 4.90 Å². The van der Waals surface area contributed by atoms with Crippen molar-refractivity contribution < 1.29 is 5.11 Å². The Morgan fingerprint density at radius 1 is 0.651 bits per heavy atom. The molecule has 5 aromatic carbocycles. The van der Waals surface area contributed by atoms with Gasteiger partial charge in [-0.15, -0.1) is 0 Å². The van der Waals surface area contributed by atoms with Gasteiger partial charge in [-0.1, -0.05) is 182 Å². The van der Waals surface area contributed by atoms with Crippen LogP contribution in [-0.4, -0.2) is 36.8 Å². The lowest BCUT2D eigenvalue weighted by Crippen LogP contribution is -2.60. The van der Waals surface area contributed by atoms with Gasteiger partial charge >= 0.3 is 0 Å². The molecule has 5 aromatic rings. The minimum Gasteiger partial charge on any atom is -0.392 e. The molecule has 43 heavy (non-hydrogen) atoms. The van der Waals surface area contributed by atoms with E-state index in [4.69, 9.17) is 0 Å². The van der Waals surface area contributed by atoms with Gasteiger partial charge in [0.1, 0.15) is 8.07 Å². The van der Waals surface area contributed by atoms with E-state index in [0.717, 1.165) is 19.0 Å². The normalized spacial score (nSPS) is 17.9. The van der Waals surface area contributed by atoms with E-state index in [1.54, 1.807) is 0 Å². The molecule has 1 heterocycles. The summed E-state index contributed by atoms with van der Waals surface area (Å²) < 4.78 is 0. The second kappa shape index (κ2) is 12.1. The summed E-state index contributed by atoms with van der Waals surface area (Å²) in [6.45, 7) is 8.04. The van der Waals surface area contributed by atoms with Gasteiger partial charge in [0.2, 0.25) is 0 Å². The zero-order chi connectivity index (χ0) is 29.9. The Balaban J connectivity index is 1.52. The summed E-state index contributed by atoms with van der Waals surface area (Å²) in [5.74, 6) is 0. The zero-order valence-corrected chi connectivity index (χ0v) is 26.6. The molecule has 0 bridgehead atoms. The molecule has 1 N–H and O–H groups in total. The molecular formula is C40H43NOSi. The summed E-state index contributed by atoms with van der Waals surface area (Å²) in [5.41, 5.74) is 3.17. The van der Waals surface area contributed by atoms with Gasteiger partial charge in [0.15, 0.2) is 0 Å². The summed E-state index contributed by atoms with van der Waals surface area (Å²) in [6, 6.07) is 55.4. The van der Waals surface area contributed by atoms with Gasteiger partial charge in [0.05, 0.1) is 11.6 Å². The van der Waals surface area contributed by atoms with E-state index in [9.17, 15) is 5.11 Å². The maximum atomic E-state index is 12.6. The Morgan fingerprint density at radius 2 is 1.00 bits per heavy atom. The first-order valence-corrected chi connectivity index (χ1v) is 18.3. The predicted octanol–water partition coefficient (Wildman–Crippen LogP) is 7.33. The minimum absolute atomic E-state index is 0.0325. The van der Waals surface area contributed by atoms with Crippen LogP contribution in [-0.2, 0) is 5.54 Å². The van der Waals surface area contributed by atoms with Crippen LogP contribution in [0.1, 0.15) is 37.0 Å². The molecular weight excluding hydrogens is 539 g/mol. The number of aliphatic hydroxyl groups excluding tert-OH is 1. The van der Waals surface area contributed by atoms with E-state index < -0.39 is 19.7 Å². The molecule has 3 heteroatoms. The van der Waals surface area contributed by atoms with Crippen LogP contribution in [0.15, 0.2) is 152 Å². The van der Waals surface area contributed by atoms with E-state index in [-0.39, 0.29) is 11.5 Å². The molecule has 0 unspecified atom stereocenters. The van der Waals surface area contributed by atoms with E-state index in [2.05, 4.69) is 177 Å².